The van der Waals surface area contributed by atoms with E-state index >= 15 is 0 Å². The van der Waals surface area contributed by atoms with E-state index in [9.17, 15) is 4.79 Å². The van der Waals surface area contributed by atoms with Gasteiger partial charge in [0.15, 0.2) is 5.76 Å². The van der Waals surface area contributed by atoms with Crippen molar-refractivity contribution in [2.45, 2.75) is 0 Å². The van der Waals surface area contributed by atoms with Crippen LogP contribution in [-0.2, 0) is 4.74 Å². The number of aliphatic hydroxyl groups excluding tert-OH is 1. The predicted octanol–water partition coefficient (Wildman–Crippen LogP) is 0.410. The summed E-state index contributed by atoms with van der Waals surface area (Å²) in [4.78, 5) is 10.9. The second kappa shape index (κ2) is 4.33. The standard InChI is InChI=1S/C9H8O4/c1-12-9(11)8-5-4-7(13-8)3-2-6-10/h4-5,10H,6H2,1H3. The molecule has 0 fully saturated rings. The van der Waals surface area contributed by atoms with Crippen LogP contribution in [0.3, 0.4) is 0 Å². The van der Waals surface area contributed by atoms with Gasteiger partial charge in [0.05, 0.1) is 7.11 Å². The Labute approximate surface area is 75.1 Å². The number of carbonyl (C=O) groups is 1. The summed E-state index contributed by atoms with van der Waals surface area (Å²) in [7, 11) is 1.27. The fraction of sp³-hybridized carbons (Fsp3) is 0.222. The van der Waals surface area contributed by atoms with Gasteiger partial charge >= 0.3 is 5.97 Å². The van der Waals surface area contributed by atoms with Gasteiger partial charge in [0.25, 0.3) is 0 Å². The smallest absolute Gasteiger partial charge is 0.374 e. The van der Waals surface area contributed by atoms with Gasteiger partial charge in [-0.05, 0) is 18.1 Å². The van der Waals surface area contributed by atoms with Gasteiger partial charge in [-0.3, -0.25) is 0 Å². The Morgan fingerprint density at radius 3 is 3.08 bits per heavy atom. The summed E-state index contributed by atoms with van der Waals surface area (Å²) in [5.41, 5.74) is 0. The van der Waals surface area contributed by atoms with Gasteiger partial charge < -0.3 is 14.3 Å². The van der Waals surface area contributed by atoms with E-state index in [0.717, 1.165) is 0 Å². The highest BCUT2D eigenvalue weighted by atomic mass is 16.5. The van der Waals surface area contributed by atoms with Crippen molar-refractivity contribution in [1.29, 1.82) is 0 Å². The molecule has 1 rings (SSSR count). The number of ether oxygens (including phenoxy) is 1. The Kier molecular flexibility index (Phi) is 3.12. The van der Waals surface area contributed by atoms with E-state index in [4.69, 9.17) is 9.52 Å². The molecule has 0 atom stereocenters. The first-order valence-electron chi connectivity index (χ1n) is 3.56. The molecule has 0 aliphatic rings. The van der Waals surface area contributed by atoms with Crippen LogP contribution < -0.4 is 0 Å². The highest BCUT2D eigenvalue weighted by Gasteiger charge is 2.09. The van der Waals surface area contributed by atoms with Gasteiger partial charge in [-0.25, -0.2) is 4.79 Å². The zero-order valence-corrected chi connectivity index (χ0v) is 7.03. The average Bonchev–Trinajstić information content (AvgIpc) is 2.62. The molecule has 0 aromatic carbocycles. The van der Waals surface area contributed by atoms with Crippen molar-refractivity contribution in [2.75, 3.05) is 13.7 Å². The third-order valence-electron chi connectivity index (χ3n) is 1.28. The zero-order valence-electron chi connectivity index (χ0n) is 7.03. The molecule has 0 aliphatic carbocycles. The van der Waals surface area contributed by atoms with E-state index in [0.29, 0.717) is 5.76 Å². The van der Waals surface area contributed by atoms with Crippen LogP contribution >= 0.6 is 0 Å². The molecule has 0 amide bonds. The highest BCUT2D eigenvalue weighted by Crippen LogP contribution is 2.07. The van der Waals surface area contributed by atoms with Crippen LogP contribution in [-0.4, -0.2) is 24.8 Å². The Hall–Kier alpha value is -1.73. The molecule has 0 bridgehead atoms. The topological polar surface area (TPSA) is 59.7 Å². The summed E-state index contributed by atoms with van der Waals surface area (Å²) in [6.45, 7) is -0.242. The van der Waals surface area contributed by atoms with Crippen LogP contribution in [0.25, 0.3) is 0 Å². The first kappa shape index (κ1) is 9.36. The van der Waals surface area contributed by atoms with Crippen LogP contribution in [0.2, 0.25) is 0 Å². The number of rotatable bonds is 1. The largest absolute Gasteiger partial charge is 0.463 e. The van der Waals surface area contributed by atoms with E-state index in [2.05, 4.69) is 16.6 Å². The molecule has 4 heteroatoms. The minimum absolute atomic E-state index is 0.102. The van der Waals surface area contributed by atoms with Crippen LogP contribution in [0, 0.1) is 11.8 Å². The monoisotopic (exact) mass is 180 g/mol. The van der Waals surface area contributed by atoms with Gasteiger partial charge in [0.1, 0.15) is 6.61 Å². The lowest BCUT2D eigenvalue weighted by Gasteiger charge is -1.90. The summed E-state index contributed by atoms with van der Waals surface area (Å²) in [6.07, 6.45) is 0. The maximum Gasteiger partial charge on any atom is 0.374 e. The first-order chi connectivity index (χ1) is 6.27. The van der Waals surface area contributed by atoms with Crippen molar-refractivity contribution in [3.05, 3.63) is 23.7 Å². The van der Waals surface area contributed by atoms with Gasteiger partial charge in [-0.2, -0.15) is 0 Å². The second-order valence-electron chi connectivity index (χ2n) is 2.12. The molecule has 0 saturated heterocycles. The van der Waals surface area contributed by atoms with E-state index < -0.39 is 5.97 Å². The molecule has 1 aromatic heterocycles. The van der Waals surface area contributed by atoms with E-state index in [1.165, 1.54) is 19.2 Å². The zero-order chi connectivity index (χ0) is 9.68. The van der Waals surface area contributed by atoms with Crippen molar-refractivity contribution < 1.29 is 19.1 Å². The molecule has 1 aromatic rings. The number of furan rings is 1. The normalized spacial score (nSPS) is 8.77. The summed E-state index contributed by atoms with van der Waals surface area (Å²) in [6, 6.07) is 3.00. The molecule has 0 aliphatic heterocycles. The summed E-state index contributed by atoms with van der Waals surface area (Å²) >= 11 is 0. The molecule has 0 spiro atoms. The molecular weight excluding hydrogens is 172 g/mol. The summed E-state index contributed by atoms with van der Waals surface area (Å²) in [5.74, 6) is 4.80. The molecule has 4 nitrogen and oxygen atoms in total. The molecule has 0 saturated carbocycles. The Balaban J connectivity index is 2.80. The van der Waals surface area contributed by atoms with E-state index in [-0.39, 0.29) is 12.4 Å². The molecular formula is C9H8O4. The Morgan fingerprint density at radius 1 is 1.69 bits per heavy atom. The lowest BCUT2D eigenvalue weighted by atomic mass is 10.4. The molecule has 1 heterocycles. The van der Waals surface area contributed by atoms with Crippen molar-refractivity contribution in [3.63, 3.8) is 0 Å². The van der Waals surface area contributed by atoms with Crippen molar-refractivity contribution in [1.82, 2.24) is 0 Å². The number of hydrogen-bond acceptors (Lipinski definition) is 4. The van der Waals surface area contributed by atoms with Crippen LogP contribution in [0.15, 0.2) is 16.5 Å². The number of esters is 1. The maximum absolute atomic E-state index is 10.9. The lowest BCUT2D eigenvalue weighted by Crippen LogP contribution is -1.98. The second-order valence-corrected chi connectivity index (χ2v) is 2.12. The third-order valence-corrected chi connectivity index (χ3v) is 1.28. The number of aliphatic hydroxyl groups is 1. The van der Waals surface area contributed by atoms with Crippen LogP contribution in [0.5, 0.6) is 0 Å². The first-order valence-corrected chi connectivity index (χ1v) is 3.56. The Morgan fingerprint density at radius 2 is 2.46 bits per heavy atom. The molecule has 68 valence electrons. The highest BCUT2D eigenvalue weighted by molar-refractivity contribution is 5.86. The molecule has 0 radical (unpaired) electrons. The minimum atomic E-state index is -0.544. The lowest BCUT2D eigenvalue weighted by molar-refractivity contribution is 0.0564. The van der Waals surface area contributed by atoms with E-state index in [1.807, 2.05) is 0 Å². The average molecular weight is 180 g/mol. The fourth-order valence-electron chi connectivity index (χ4n) is 0.742. The SMILES string of the molecule is COC(=O)c1ccc(C#CCO)o1. The number of hydrogen-bond donors (Lipinski definition) is 1. The summed E-state index contributed by atoms with van der Waals surface area (Å²) in [5, 5.41) is 8.38. The number of carbonyl (C=O) groups excluding carboxylic acids is 1. The van der Waals surface area contributed by atoms with E-state index in [1.54, 1.807) is 0 Å². The van der Waals surface area contributed by atoms with Gasteiger partial charge in [0, 0.05) is 0 Å². The van der Waals surface area contributed by atoms with Gasteiger partial charge in [-0.1, -0.05) is 5.92 Å². The van der Waals surface area contributed by atoms with Crippen LogP contribution in [0.1, 0.15) is 16.3 Å². The van der Waals surface area contributed by atoms with Crippen molar-refractivity contribution in [3.8, 4) is 11.8 Å². The molecule has 1 N–H and O–H groups in total. The van der Waals surface area contributed by atoms with Crippen molar-refractivity contribution >= 4 is 5.97 Å². The minimum Gasteiger partial charge on any atom is -0.463 e. The molecule has 13 heavy (non-hydrogen) atoms. The van der Waals surface area contributed by atoms with Gasteiger partial charge in [-0.15, -0.1) is 0 Å². The van der Waals surface area contributed by atoms with Crippen molar-refractivity contribution in [2.24, 2.45) is 0 Å². The third kappa shape index (κ3) is 2.36. The van der Waals surface area contributed by atoms with Gasteiger partial charge in [0.2, 0.25) is 5.76 Å². The summed E-state index contributed by atoms with van der Waals surface area (Å²) < 4.78 is 9.40. The number of methoxy groups -OCH3 is 1. The fourth-order valence-corrected chi connectivity index (χ4v) is 0.742. The quantitative estimate of drug-likeness (QED) is 0.502. The Bertz CT molecular complexity index is 353. The predicted molar refractivity (Wildman–Crippen MR) is 44.0 cm³/mol. The van der Waals surface area contributed by atoms with Crippen LogP contribution in [0.4, 0.5) is 0 Å². The maximum atomic E-state index is 10.9. The molecule has 0 unspecified atom stereocenters.